The number of likely N-dealkylation sites (N-methyl/N-ethyl adjacent to an activating group) is 1. The van der Waals surface area contributed by atoms with E-state index < -0.39 is 32.5 Å². The molecular formula is C40H72NO8P. The van der Waals surface area contributed by atoms with Gasteiger partial charge in [-0.2, -0.15) is 0 Å². The van der Waals surface area contributed by atoms with Crippen LogP contribution in [0, 0.1) is 0 Å². The van der Waals surface area contributed by atoms with E-state index in [1.54, 1.807) is 0 Å². The second-order valence-corrected chi connectivity index (χ2v) is 15.3. The molecule has 10 heteroatoms. The Morgan fingerprint density at radius 1 is 0.640 bits per heavy atom. The van der Waals surface area contributed by atoms with Crippen molar-refractivity contribution in [2.45, 2.75) is 148 Å². The molecule has 0 bridgehead atoms. The minimum atomic E-state index is -4.62. The van der Waals surface area contributed by atoms with Crippen LogP contribution in [0.4, 0.5) is 0 Å². The Bertz CT molecular complexity index is 1000. The molecule has 0 aliphatic heterocycles. The molecular weight excluding hydrogens is 653 g/mol. The van der Waals surface area contributed by atoms with Crippen molar-refractivity contribution in [2.24, 2.45) is 0 Å². The van der Waals surface area contributed by atoms with E-state index in [4.69, 9.17) is 18.5 Å². The predicted molar refractivity (Wildman–Crippen MR) is 203 cm³/mol. The van der Waals surface area contributed by atoms with Gasteiger partial charge in [0.2, 0.25) is 0 Å². The highest BCUT2D eigenvalue weighted by molar-refractivity contribution is 7.45. The predicted octanol–water partition coefficient (Wildman–Crippen LogP) is 9.72. The summed E-state index contributed by atoms with van der Waals surface area (Å²) in [4.78, 5) is 37.3. The van der Waals surface area contributed by atoms with Crippen molar-refractivity contribution in [3.8, 4) is 0 Å². The largest absolute Gasteiger partial charge is 0.756 e. The van der Waals surface area contributed by atoms with Crippen molar-refractivity contribution in [1.82, 2.24) is 0 Å². The normalized spacial score (nSPS) is 14.3. The number of hydrogen-bond acceptors (Lipinski definition) is 8. The van der Waals surface area contributed by atoms with Crippen molar-refractivity contribution < 1.29 is 42.1 Å². The van der Waals surface area contributed by atoms with E-state index >= 15 is 0 Å². The summed E-state index contributed by atoms with van der Waals surface area (Å²) >= 11 is 0. The molecule has 0 rings (SSSR count). The zero-order valence-corrected chi connectivity index (χ0v) is 33.2. The Hall–Kier alpha value is -2.03. The first-order chi connectivity index (χ1) is 24.0. The molecule has 0 aromatic heterocycles. The summed E-state index contributed by atoms with van der Waals surface area (Å²) in [6, 6.07) is 0. The first-order valence-electron chi connectivity index (χ1n) is 19.3. The van der Waals surface area contributed by atoms with Gasteiger partial charge in [-0.3, -0.25) is 14.2 Å². The summed E-state index contributed by atoms with van der Waals surface area (Å²) in [6.07, 6.45) is 35.7. The van der Waals surface area contributed by atoms with Crippen LogP contribution in [0.25, 0.3) is 0 Å². The fraction of sp³-hybridized carbons (Fsp3) is 0.750. The second-order valence-electron chi connectivity index (χ2n) is 13.9. The van der Waals surface area contributed by atoms with Gasteiger partial charge in [0.05, 0.1) is 27.7 Å². The highest BCUT2D eigenvalue weighted by Gasteiger charge is 2.21. The van der Waals surface area contributed by atoms with Gasteiger partial charge in [0, 0.05) is 12.8 Å². The Labute approximate surface area is 305 Å². The maximum atomic E-state index is 12.6. The number of nitrogens with zero attached hydrogens (tertiary/aromatic N) is 1. The van der Waals surface area contributed by atoms with Crippen molar-refractivity contribution in [3.05, 3.63) is 48.6 Å². The van der Waals surface area contributed by atoms with E-state index in [9.17, 15) is 19.0 Å². The minimum Gasteiger partial charge on any atom is -0.756 e. The first kappa shape index (κ1) is 48.0. The monoisotopic (exact) mass is 725 g/mol. The van der Waals surface area contributed by atoms with E-state index in [1.807, 2.05) is 21.1 Å². The van der Waals surface area contributed by atoms with Crippen LogP contribution in [-0.2, 0) is 32.7 Å². The van der Waals surface area contributed by atoms with Gasteiger partial charge in [-0.15, -0.1) is 0 Å². The van der Waals surface area contributed by atoms with Gasteiger partial charge in [-0.25, -0.2) is 0 Å². The minimum absolute atomic E-state index is 0.0375. The van der Waals surface area contributed by atoms with Crippen LogP contribution in [-0.4, -0.2) is 70.0 Å². The molecule has 0 saturated carbocycles. The van der Waals surface area contributed by atoms with Crippen molar-refractivity contribution in [2.75, 3.05) is 47.5 Å². The van der Waals surface area contributed by atoms with E-state index in [0.717, 1.165) is 89.9 Å². The zero-order valence-electron chi connectivity index (χ0n) is 32.3. The van der Waals surface area contributed by atoms with E-state index in [2.05, 4.69) is 62.5 Å². The van der Waals surface area contributed by atoms with Crippen molar-refractivity contribution in [1.29, 1.82) is 0 Å². The Morgan fingerprint density at radius 2 is 1.14 bits per heavy atom. The third kappa shape index (κ3) is 35.8. The molecule has 0 N–H and O–H groups in total. The van der Waals surface area contributed by atoms with Gasteiger partial charge < -0.3 is 27.9 Å². The van der Waals surface area contributed by atoms with Gasteiger partial charge in [0.1, 0.15) is 19.8 Å². The number of unbranched alkanes of at least 4 members (excludes halogenated alkanes) is 12. The summed E-state index contributed by atoms with van der Waals surface area (Å²) in [7, 11) is 1.14. The quantitative estimate of drug-likeness (QED) is 0.0212. The van der Waals surface area contributed by atoms with Gasteiger partial charge in [0.25, 0.3) is 7.82 Å². The summed E-state index contributed by atoms with van der Waals surface area (Å²) in [5.41, 5.74) is 0. The van der Waals surface area contributed by atoms with Crippen LogP contribution in [0.2, 0.25) is 0 Å². The van der Waals surface area contributed by atoms with Crippen molar-refractivity contribution >= 4 is 19.8 Å². The standard InChI is InChI=1S/C40H72NO8P/c1-6-8-10-12-14-16-18-19-20-21-23-25-27-29-31-33-40(43)49-38(37-48-50(44,45)47-35-34-41(3,4)5)36-46-39(42)32-30-28-26-24-22-17-15-13-11-9-7-2/h8,10,13-16,19-20,38H,6-7,9,11-12,17-18,21-37H2,1-5H3/b10-8-,15-13-,16-14-,20-19-. The van der Waals surface area contributed by atoms with Crippen LogP contribution in [0.15, 0.2) is 48.6 Å². The molecule has 0 spiro atoms. The number of hydrogen-bond donors (Lipinski definition) is 0. The van der Waals surface area contributed by atoms with Crippen LogP contribution in [0.3, 0.4) is 0 Å². The maximum Gasteiger partial charge on any atom is 0.306 e. The highest BCUT2D eigenvalue weighted by Crippen LogP contribution is 2.38. The molecule has 2 atom stereocenters. The molecule has 0 aliphatic carbocycles. The van der Waals surface area contributed by atoms with Crippen molar-refractivity contribution in [3.63, 3.8) is 0 Å². The summed E-state index contributed by atoms with van der Waals surface area (Å²) in [6.45, 7) is 4.01. The molecule has 9 nitrogen and oxygen atoms in total. The fourth-order valence-electron chi connectivity index (χ4n) is 4.77. The second kappa shape index (κ2) is 32.8. The van der Waals surface area contributed by atoms with Crippen LogP contribution >= 0.6 is 7.82 Å². The number of phosphoric ester groups is 1. The molecule has 2 unspecified atom stereocenters. The summed E-state index contributed by atoms with van der Waals surface area (Å²) in [5, 5.41) is 0. The summed E-state index contributed by atoms with van der Waals surface area (Å²) in [5.74, 6) is -0.872. The maximum absolute atomic E-state index is 12.6. The lowest BCUT2D eigenvalue weighted by atomic mass is 10.1. The van der Waals surface area contributed by atoms with Gasteiger partial charge >= 0.3 is 11.9 Å². The van der Waals surface area contributed by atoms with Crippen LogP contribution < -0.4 is 4.89 Å². The molecule has 0 aromatic carbocycles. The molecule has 0 amide bonds. The van der Waals surface area contributed by atoms with Crippen LogP contribution in [0.1, 0.15) is 142 Å². The van der Waals surface area contributed by atoms with E-state index in [1.165, 1.54) is 12.8 Å². The third-order valence-corrected chi connectivity index (χ3v) is 8.80. The first-order valence-corrected chi connectivity index (χ1v) is 20.8. The number of carbonyl (C=O) groups excluding carboxylic acids is 2. The average molecular weight is 726 g/mol. The third-order valence-electron chi connectivity index (χ3n) is 7.83. The zero-order chi connectivity index (χ0) is 37.2. The average Bonchev–Trinajstić information content (AvgIpc) is 3.06. The molecule has 0 radical (unpaired) electrons. The lowest BCUT2D eigenvalue weighted by Gasteiger charge is -2.28. The molecule has 0 heterocycles. The number of carbonyl (C=O) groups is 2. The molecule has 0 fully saturated rings. The van der Waals surface area contributed by atoms with Gasteiger partial charge in [-0.05, 0) is 64.2 Å². The Kier molecular flexibility index (Phi) is 31.5. The SMILES string of the molecule is CC/C=C\C/C=C\C/C=C\CCCCCCCC(=O)OC(COC(=O)CCCCCCC/C=C\CCCC)COP(=O)([O-])OCC[N+](C)(C)C. The number of esters is 2. The number of quaternary nitrogens is 1. The Morgan fingerprint density at radius 3 is 1.72 bits per heavy atom. The fourth-order valence-corrected chi connectivity index (χ4v) is 5.49. The number of allylic oxidation sites excluding steroid dienone is 8. The Balaban J connectivity index is 4.48. The number of ether oxygens (including phenoxy) is 2. The summed E-state index contributed by atoms with van der Waals surface area (Å²) < 4.78 is 33.7. The highest BCUT2D eigenvalue weighted by atomic mass is 31.2. The molecule has 0 saturated heterocycles. The number of phosphoric acid groups is 1. The smallest absolute Gasteiger partial charge is 0.306 e. The topological polar surface area (TPSA) is 111 Å². The lowest BCUT2D eigenvalue weighted by Crippen LogP contribution is -2.37. The number of rotatable bonds is 34. The molecule has 0 aromatic rings. The lowest BCUT2D eigenvalue weighted by molar-refractivity contribution is -0.870. The molecule has 0 aliphatic rings. The van der Waals surface area contributed by atoms with Gasteiger partial charge in [0.15, 0.2) is 6.10 Å². The van der Waals surface area contributed by atoms with Crippen LogP contribution in [0.5, 0.6) is 0 Å². The van der Waals surface area contributed by atoms with E-state index in [-0.39, 0.29) is 26.1 Å². The van der Waals surface area contributed by atoms with Gasteiger partial charge in [-0.1, -0.05) is 114 Å². The molecule has 290 valence electrons. The molecule has 50 heavy (non-hydrogen) atoms. The van der Waals surface area contributed by atoms with E-state index in [0.29, 0.717) is 23.9 Å².